The summed E-state index contributed by atoms with van der Waals surface area (Å²) in [5, 5.41) is 0.489. The second-order valence-electron chi connectivity index (χ2n) is 14.9. The highest BCUT2D eigenvalue weighted by molar-refractivity contribution is 8.04. The van der Waals surface area contributed by atoms with Gasteiger partial charge in [-0.05, 0) is 111 Å². The Morgan fingerprint density at radius 3 is 1.91 bits per heavy atom. The van der Waals surface area contributed by atoms with Gasteiger partial charge in [0.2, 0.25) is 0 Å². The maximum absolute atomic E-state index is 6.92. The highest BCUT2D eigenvalue weighted by Crippen LogP contribution is 2.58. The van der Waals surface area contributed by atoms with E-state index < -0.39 is 0 Å². The van der Waals surface area contributed by atoms with Crippen LogP contribution in [0.15, 0.2) is 141 Å². The standard InChI is InChI=1S/C42H42N2OS/c1-5-13-35-27(9-1)28-10-2-6-14-36(28)43(35)25-17-21-39-33(23-25)31-19-20-32-34-24-26(18-22-40(34)46-42(32)41(31)45-39)44-37-15-7-3-11-29(37)30-12-4-8-16-38(30)44/h1-4,9-12,17-18,21-24,27,29,33-35,37,39-40H,5-8,13-16,19-20H2. The van der Waals surface area contributed by atoms with Crippen molar-refractivity contribution in [3.8, 4) is 0 Å². The summed E-state index contributed by atoms with van der Waals surface area (Å²) in [4.78, 5) is 6.98. The molecular formula is C42H42N2OS. The minimum absolute atomic E-state index is 0.139. The van der Waals surface area contributed by atoms with Crippen LogP contribution in [-0.4, -0.2) is 33.2 Å². The SMILES string of the molecule is C1=CC2=C(CC1)N(C1=CC3C4=C(OC3C=C1)C1=C(CC4)C3C=C(N4C5=C(C=CCC5)C5C=CCCC54)C=CC3S1)C1CCC=CC21. The fourth-order valence-electron chi connectivity index (χ4n) is 10.8. The Kier molecular flexibility index (Phi) is 5.84. The molecule has 0 aromatic heterocycles. The molecule has 0 bridgehead atoms. The number of ether oxygens (including phenoxy) is 1. The van der Waals surface area contributed by atoms with Gasteiger partial charge >= 0.3 is 0 Å². The lowest BCUT2D eigenvalue weighted by atomic mass is 9.80. The smallest absolute Gasteiger partial charge is 0.133 e. The number of hydrogen-bond donors (Lipinski definition) is 0. The van der Waals surface area contributed by atoms with E-state index in [4.69, 9.17) is 4.74 Å². The summed E-state index contributed by atoms with van der Waals surface area (Å²) in [6, 6.07) is 1.14. The third-order valence-corrected chi connectivity index (χ3v) is 14.1. The van der Waals surface area contributed by atoms with Crippen molar-refractivity contribution in [3.63, 3.8) is 0 Å². The fraction of sp³-hybridized carbons (Fsp3) is 0.429. The zero-order valence-corrected chi connectivity index (χ0v) is 27.3. The first-order valence-corrected chi connectivity index (χ1v) is 19.0. The zero-order chi connectivity index (χ0) is 29.9. The Balaban J connectivity index is 0.918. The number of hydrogen-bond acceptors (Lipinski definition) is 4. The molecule has 0 fully saturated rings. The number of thioether (sulfide) groups is 1. The molecule has 0 saturated heterocycles. The van der Waals surface area contributed by atoms with E-state index >= 15 is 0 Å². The van der Waals surface area contributed by atoms with Crippen LogP contribution in [0.5, 0.6) is 0 Å². The summed E-state index contributed by atoms with van der Waals surface area (Å²) in [6.07, 6.45) is 46.5. The maximum atomic E-state index is 6.92. The predicted octanol–water partition coefficient (Wildman–Crippen LogP) is 9.45. The average molecular weight is 623 g/mol. The van der Waals surface area contributed by atoms with E-state index in [-0.39, 0.29) is 6.10 Å². The molecule has 232 valence electrons. The van der Waals surface area contributed by atoms with E-state index in [9.17, 15) is 0 Å². The molecule has 8 atom stereocenters. The van der Waals surface area contributed by atoms with Crippen LogP contribution in [0.25, 0.3) is 0 Å². The fourth-order valence-corrected chi connectivity index (χ4v) is 12.3. The molecule has 0 aromatic carbocycles. The van der Waals surface area contributed by atoms with Gasteiger partial charge in [-0.25, -0.2) is 0 Å². The van der Waals surface area contributed by atoms with Crippen molar-refractivity contribution < 1.29 is 4.74 Å². The quantitative estimate of drug-likeness (QED) is 0.285. The number of allylic oxidation sites excluding steroid dienone is 12. The van der Waals surface area contributed by atoms with Crippen LogP contribution >= 0.6 is 11.8 Å². The Morgan fingerprint density at radius 1 is 0.587 bits per heavy atom. The van der Waals surface area contributed by atoms with E-state index in [0.29, 0.717) is 41.0 Å². The molecule has 0 N–H and O–H groups in total. The van der Waals surface area contributed by atoms with Crippen LogP contribution in [0.3, 0.4) is 0 Å². The molecule has 0 spiro atoms. The van der Waals surface area contributed by atoms with E-state index in [1.165, 1.54) is 73.4 Å². The van der Waals surface area contributed by atoms with E-state index in [2.05, 4.69) is 107 Å². The molecule has 11 rings (SSSR count). The third kappa shape index (κ3) is 3.68. The first-order valence-electron chi connectivity index (χ1n) is 18.1. The highest BCUT2D eigenvalue weighted by Gasteiger charge is 2.48. The Bertz CT molecular complexity index is 1690. The molecule has 8 unspecified atom stereocenters. The topological polar surface area (TPSA) is 15.7 Å². The largest absolute Gasteiger partial charge is 0.484 e. The van der Waals surface area contributed by atoms with Gasteiger partial charge in [-0.2, -0.15) is 0 Å². The maximum Gasteiger partial charge on any atom is 0.133 e. The summed E-state index contributed by atoms with van der Waals surface area (Å²) in [6.45, 7) is 0. The molecule has 0 aromatic rings. The van der Waals surface area contributed by atoms with Gasteiger partial charge in [-0.15, -0.1) is 11.8 Å². The predicted molar refractivity (Wildman–Crippen MR) is 187 cm³/mol. The Labute approximate surface area is 277 Å². The van der Waals surface area contributed by atoms with Crippen molar-refractivity contribution in [1.29, 1.82) is 0 Å². The second kappa shape index (κ2) is 10.1. The van der Waals surface area contributed by atoms with Gasteiger partial charge in [-0.1, -0.05) is 60.8 Å². The number of fused-ring (bicyclic) bond motifs is 9. The van der Waals surface area contributed by atoms with Crippen molar-refractivity contribution in [2.75, 3.05) is 0 Å². The highest BCUT2D eigenvalue weighted by atomic mass is 32.2. The number of nitrogens with zero attached hydrogens (tertiary/aromatic N) is 2. The van der Waals surface area contributed by atoms with Crippen molar-refractivity contribution in [2.24, 2.45) is 23.7 Å². The normalized spacial score (nSPS) is 39.1. The first-order chi connectivity index (χ1) is 22.8. The van der Waals surface area contributed by atoms with E-state index in [1.54, 1.807) is 33.7 Å². The summed E-state index contributed by atoms with van der Waals surface area (Å²) in [7, 11) is 0. The van der Waals surface area contributed by atoms with Gasteiger partial charge in [0.15, 0.2) is 0 Å². The molecule has 0 amide bonds. The minimum Gasteiger partial charge on any atom is -0.484 e. The lowest BCUT2D eigenvalue weighted by molar-refractivity contribution is 0.169. The zero-order valence-electron chi connectivity index (χ0n) is 26.5. The van der Waals surface area contributed by atoms with Crippen molar-refractivity contribution in [2.45, 2.75) is 87.6 Å². The first kappa shape index (κ1) is 26.7. The van der Waals surface area contributed by atoms with Crippen LogP contribution in [0.4, 0.5) is 0 Å². The van der Waals surface area contributed by atoms with E-state index in [1.807, 2.05) is 0 Å². The van der Waals surface area contributed by atoms with Crippen molar-refractivity contribution >= 4 is 11.8 Å². The molecule has 4 aliphatic heterocycles. The summed E-state index contributed by atoms with van der Waals surface area (Å²) >= 11 is 2.08. The molecule has 11 aliphatic rings. The van der Waals surface area contributed by atoms with Crippen LogP contribution in [0.1, 0.15) is 64.2 Å². The van der Waals surface area contributed by atoms with E-state index in [0.717, 1.165) is 12.8 Å². The van der Waals surface area contributed by atoms with Gasteiger partial charge in [0.25, 0.3) is 0 Å². The van der Waals surface area contributed by atoms with Gasteiger partial charge in [0.05, 0.1) is 0 Å². The molecule has 46 heavy (non-hydrogen) atoms. The Hall–Kier alpha value is -3.37. The Morgan fingerprint density at radius 2 is 1.22 bits per heavy atom. The van der Waals surface area contributed by atoms with Crippen LogP contribution in [0.2, 0.25) is 0 Å². The number of rotatable bonds is 2. The summed E-state index contributed by atoms with van der Waals surface area (Å²) in [5.74, 6) is 3.19. The van der Waals surface area contributed by atoms with Gasteiger partial charge in [-0.3, -0.25) is 0 Å². The average Bonchev–Trinajstić information content (AvgIpc) is 3.85. The summed E-state index contributed by atoms with van der Waals surface area (Å²) in [5.41, 5.74) is 12.4. The van der Waals surface area contributed by atoms with Gasteiger partial charge in [0, 0.05) is 68.7 Å². The van der Waals surface area contributed by atoms with Crippen LogP contribution in [0, 0.1) is 23.7 Å². The van der Waals surface area contributed by atoms with Gasteiger partial charge in [0.1, 0.15) is 11.9 Å². The monoisotopic (exact) mass is 622 g/mol. The molecule has 0 radical (unpaired) electrons. The molecule has 4 heterocycles. The minimum atomic E-state index is 0.139. The van der Waals surface area contributed by atoms with Crippen LogP contribution < -0.4 is 0 Å². The molecule has 3 nitrogen and oxygen atoms in total. The second-order valence-corrected chi connectivity index (χ2v) is 16.1. The lowest BCUT2D eigenvalue weighted by Gasteiger charge is -2.36. The summed E-state index contributed by atoms with van der Waals surface area (Å²) < 4.78 is 6.92. The molecule has 0 saturated carbocycles. The third-order valence-electron chi connectivity index (χ3n) is 12.7. The van der Waals surface area contributed by atoms with Gasteiger partial charge < -0.3 is 14.5 Å². The van der Waals surface area contributed by atoms with Crippen LogP contribution in [-0.2, 0) is 4.74 Å². The van der Waals surface area contributed by atoms with Crippen molar-refractivity contribution in [1.82, 2.24) is 9.80 Å². The van der Waals surface area contributed by atoms with Crippen molar-refractivity contribution in [3.05, 3.63) is 141 Å². The molecular weight excluding hydrogens is 581 g/mol. The lowest BCUT2D eigenvalue weighted by Crippen LogP contribution is -2.35. The molecule has 4 heteroatoms. The molecule has 7 aliphatic carbocycles.